The van der Waals surface area contributed by atoms with Crippen molar-refractivity contribution in [2.45, 2.75) is 26.2 Å². The molecule has 2 aromatic rings. The standard InChI is InChI=1S/C18H20/c1-18(2,3)17-13-11-16(12-14-17)10-9-15-7-5-4-6-8-15/h4-14H,1-3H3. The van der Waals surface area contributed by atoms with Crippen LogP contribution in [-0.2, 0) is 5.41 Å². The fourth-order valence-electron chi connectivity index (χ4n) is 1.85. The van der Waals surface area contributed by atoms with E-state index in [-0.39, 0.29) is 5.41 Å². The van der Waals surface area contributed by atoms with Gasteiger partial charge < -0.3 is 0 Å². The molecule has 0 radical (unpaired) electrons. The van der Waals surface area contributed by atoms with E-state index in [4.69, 9.17) is 0 Å². The molecule has 0 aromatic heterocycles. The van der Waals surface area contributed by atoms with E-state index in [0.29, 0.717) is 0 Å². The zero-order chi connectivity index (χ0) is 13.0. The molecule has 0 unspecified atom stereocenters. The molecule has 2 aromatic carbocycles. The smallest absolute Gasteiger partial charge is 0.0132 e. The monoisotopic (exact) mass is 236 g/mol. The molecule has 0 bridgehead atoms. The van der Waals surface area contributed by atoms with Gasteiger partial charge in [-0.25, -0.2) is 0 Å². The molecule has 0 atom stereocenters. The van der Waals surface area contributed by atoms with Crippen LogP contribution in [0.4, 0.5) is 0 Å². The lowest BCUT2D eigenvalue weighted by molar-refractivity contribution is 0.590. The van der Waals surface area contributed by atoms with Crippen LogP contribution in [0.15, 0.2) is 54.6 Å². The lowest BCUT2D eigenvalue weighted by atomic mass is 9.87. The molecule has 0 heteroatoms. The molecule has 0 saturated heterocycles. The van der Waals surface area contributed by atoms with Crippen LogP contribution in [0.5, 0.6) is 0 Å². The van der Waals surface area contributed by atoms with Gasteiger partial charge in [-0.05, 0) is 22.1 Å². The van der Waals surface area contributed by atoms with Gasteiger partial charge in [0.15, 0.2) is 0 Å². The molecule has 2 rings (SSSR count). The largest absolute Gasteiger partial charge is 0.0622 e. The highest BCUT2D eigenvalue weighted by atomic mass is 14.2. The molecular formula is C18H20. The van der Waals surface area contributed by atoms with Crippen LogP contribution < -0.4 is 0 Å². The molecular weight excluding hydrogens is 216 g/mol. The van der Waals surface area contributed by atoms with Gasteiger partial charge in [0.05, 0.1) is 0 Å². The van der Waals surface area contributed by atoms with Gasteiger partial charge in [-0.3, -0.25) is 0 Å². The second-order valence-corrected chi connectivity index (χ2v) is 5.62. The maximum Gasteiger partial charge on any atom is -0.0132 e. The van der Waals surface area contributed by atoms with Crippen molar-refractivity contribution in [3.63, 3.8) is 0 Å². The molecule has 0 N–H and O–H groups in total. The van der Waals surface area contributed by atoms with Gasteiger partial charge in [-0.2, -0.15) is 0 Å². The van der Waals surface area contributed by atoms with Crippen molar-refractivity contribution in [2.24, 2.45) is 0 Å². The van der Waals surface area contributed by atoms with Crippen LogP contribution in [-0.4, -0.2) is 0 Å². The predicted molar refractivity (Wildman–Crippen MR) is 80.5 cm³/mol. The molecule has 0 aliphatic heterocycles. The fourth-order valence-corrected chi connectivity index (χ4v) is 1.85. The lowest BCUT2D eigenvalue weighted by Gasteiger charge is -2.18. The van der Waals surface area contributed by atoms with Gasteiger partial charge in [-0.1, -0.05) is 87.5 Å². The molecule has 0 aliphatic rings. The van der Waals surface area contributed by atoms with Crippen molar-refractivity contribution in [1.82, 2.24) is 0 Å². The van der Waals surface area contributed by atoms with Crippen molar-refractivity contribution in [3.05, 3.63) is 71.3 Å². The number of hydrogen-bond donors (Lipinski definition) is 0. The number of hydrogen-bond acceptors (Lipinski definition) is 0. The van der Waals surface area contributed by atoms with E-state index >= 15 is 0 Å². The van der Waals surface area contributed by atoms with Crippen molar-refractivity contribution in [3.8, 4) is 0 Å². The van der Waals surface area contributed by atoms with E-state index in [9.17, 15) is 0 Å². The summed E-state index contributed by atoms with van der Waals surface area (Å²) in [6.45, 7) is 6.71. The number of rotatable bonds is 2. The molecule has 0 saturated carbocycles. The Hall–Kier alpha value is -1.82. The Morgan fingerprint density at radius 1 is 0.667 bits per heavy atom. The first-order valence-electron chi connectivity index (χ1n) is 6.39. The van der Waals surface area contributed by atoms with Crippen LogP contribution >= 0.6 is 0 Å². The Bertz CT molecular complexity index is 510. The Morgan fingerprint density at radius 2 is 1.17 bits per heavy atom. The highest BCUT2D eigenvalue weighted by molar-refractivity contribution is 5.69. The Balaban J connectivity index is 2.14. The van der Waals surface area contributed by atoms with Crippen LogP contribution in [0.2, 0.25) is 0 Å². The maximum atomic E-state index is 2.24. The summed E-state index contributed by atoms with van der Waals surface area (Å²) in [5.41, 5.74) is 4.07. The van der Waals surface area contributed by atoms with Gasteiger partial charge in [0.25, 0.3) is 0 Å². The third-order valence-corrected chi connectivity index (χ3v) is 3.04. The molecule has 18 heavy (non-hydrogen) atoms. The summed E-state index contributed by atoms with van der Waals surface area (Å²) in [7, 11) is 0. The molecule has 0 amide bonds. The third kappa shape index (κ3) is 3.33. The molecule has 0 heterocycles. The van der Waals surface area contributed by atoms with E-state index in [1.54, 1.807) is 0 Å². The van der Waals surface area contributed by atoms with Gasteiger partial charge in [0, 0.05) is 0 Å². The van der Waals surface area contributed by atoms with Crippen LogP contribution in [0.1, 0.15) is 37.5 Å². The summed E-state index contributed by atoms with van der Waals surface area (Å²) in [5.74, 6) is 0. The average molecular weight is 236 g/mol. The fraction of sp³-hybridized carbons (Fsp3) is 0.222. The van der Waals surface area contributed by atoms with Crippen molar-refractivity contribution < 1.29 is 0 Å². The zero-order valence-corrected chi connectivity index (χ0v) is 11.4. The predicted octanol–water partition coefficient (Wildman–Crippen LogP) is 5.15. The normalized spacial score (nSPS) is 11.9. The van der Waals surface area contributed by atoms with E-state index < -0.39 is 0 Å². The maximum absolute atomic E-state index is 2.24. The molecule has 0 spiro atoms. The molecule has 0 aliphatic carbocycles. The number of benzene rings is 2. The summed E-state index contributed by atoms with van der Waals surface area (Å²) in [6, 6.07) is 19.2. The average Bonchev–Trinajstić information content (AvgIpc) is 2.37. The van der Waals surface area contributed by atoms with E-state index in [0.717, 1.165) is 0 Å². The highest BCUT2D eigenvalue weighted by Crippen LogP contribution is 2.22. The van der Waals surface area contributed by atoms with Gasteiger partial charge in [0.2, 0.25) is 0 Å². The van der Waals surface area contributed by atoms with Crippen molar-refractivity contribution >= 4 is 12.2 Å². The first-order valence-corrected chi connectivity index (χ1v) is 6.39. The third-order valence-electron chi connectivity index (χ3n) is 3.04. The summed E-state index contributed by atoms with van der Waals surface area (Å²) >= 11 is 0. The Kier molecular flexibility index (Phi) is 3.66. The van der Waals surface area contributed by atoms with E-state index in [1.807, 2.05) is 6.07 Å². The molecule has 92 valence electrons. The van der Waals surface area contributed by atoms with E-state index in [2.05, 4.69) is 81.5 Å². The second kappa shape index (κ2) is 5.22. The van der Waals surface area contributed by atoms with Crippen LogP contribution in [0.25, 0.3) is 12.2 Å². The van der Waals surface area contributed by atoms with E-state index in [1.165, 1.54) is 16.7 Å². The van der Waals surface area contributed by atoms with Crippen molar-refractivity contribution in [1.29, 1.82) is 0 Å². The van der Waals surface area contributed by atoms with Crippen molar-refractivity contribution in [2.75, 3.05) is 0 Å². The second-order valence-electron chi connectivity index (χ2n) is 5.62. The van der Waals surface area contributed by atoms with Crippen LogP contribution in [0.3, 0.4) is 0 Å². The Morgan fingerprint density at radius 3 is 1.67 bits per heavy atom. The minimum absolute atomic E-state index is 0.224. The van der Waals surface area contributed by atoms with Gasteiger partial charge in [0.1, 0.15) is 0 Å². The summed E-state index contributed by atoms with van der Waals surface area (Å²) in [4.78, 5) is 0. The van der Waals surface area contributed by atoms with Gasteiger partial charge in [-0.15, -0.1) is 0 Å². The SMILES string of the molecule is CC(C)(C)c1ccc(C=Cc2ccccc2)cc1. The quantitative estimate of drug-likeness (QED) is 0.632. The molecule has 0 fully saturated rings. The van der Waals surface area contributed by atoms with Gasteiger partial charge >= 0.3 is 0 Å². The minimum Gasteiger partial charge on any atom is -0.0622 e. The zero-order valence-electron chi connectivity index (χ0n) is 11.4. The summed E-state index contributed by atoms with van der Waals surface area (Å²) < 4.78 is 0. The highest BCUT2D eigenvalue weighted by Gasteiger charge is 2.12. The Labute approximate surface area is 110 Å². The first kappa shape index (κ1) is 12.6. The topological polar surface area (TPSA) is 0 Å². The lowest BCUT2D eigenvalue weighted by Crippen LogP contribution is -2.10. The minimum atomic E-state index is 0.224. The summed E-state index contributed by atoms with van der Waals surface area (Å²) in [6.07, 6.45) is 4.30. The summed E-state index contributed by atoms with van der Waals surface area (Å²) in [5, 5.41) is 0. The first-order chi connectivity index (χ1) is 8.55. The molecule has 0 nitrogen and oxygen atoms in total. The van der Waals surface area contributed by atoms with Crippen LogP contribution in [0, 0.1) is 0 Å².